The zero-order valence-corrected chi connectivity index (χ0v) is 14.6. The number of anilines is 1. The molecule has 0 bridgehead atoms. The second kappa shape index (κ2) is 6.03. The van der Waals surface area contributed by atoms with Gasteiger partial charge in [-0.05, 0) is 35.8 Å². The van der Waals surface area contributed by atoms with Gasteiger partial charge in [-0.15, -0.1) is 0 Å². The lowest BCUT2D eigenvalue weighted by Gasteiger charge is -2.07. The predicted molar refractivity (Wildman–Crippen MR) is 104 cm³/mol. The lowest BCUT2D eigenvalue weighted by Crippen LogP contribution is -1.95. The molecule has 0 fully saturated rings. The van der Waals surface area contributed by atoms with Crippen molar-refractivity contribution in [1.29, 1.82) is 0 Å². The summed E-state index contributed by atoms with van der Waals surface area (Å²) in [6.45, 7) is 0. The Labute approximate surface area is 156 Å². The third-order valence-corrected chi connectivity index (χ3v) is 5.04. The number of pyridine rings is 2. The number of aromatic nitrogens is 5. The molecule has 8 heteroatoms. The fourth-order valence-electron chi connectivity index (χ4n) is 2.99. The van der Waals surface area contributed by atoms with Crippen molar-refractivity contribution in [2.45, 2.75) is 0 Å². The topological polar surface area (TPSA) is 90.5 Å². The van der Waals surface area contributed by atoms with Crippen LogP contribution in [-0.4, -0.2) is 24.3 Å². The Morgan fingerprint density at radius 1 is 0.926 bits per heavy atom. The molecule has 2 N–H and O–H groups in total. The summed E-state index contributed by atoms with van der Waals surface area (Å²) in [6.07, 6.45) is 3.05. The molecule has 5 aromatic rings. The molecule has 0 unspecified atom stereocenters. The predicted octanol–water partition coefficient (Wildman–Crippen LogP) is 4.08. The molecule has 0 spiro atoms. The number of fused-ring (bicyclic) bond motifs is 2. The summed E-state index contributed by atoms with van der Waals surface area (Å²) >= 11 is 1.16. The zero-order valence-electron chi connectivity index (χ0n) is 13.8. The van der Waals surface area contributed by atoms with E-state index in [0.29, 0.717) is 38.2 Å². The summed E-state index contributed by atoms with van der Waals surface area (Å²) in [5.74, 6) is -0.181. The van der Waals surface area contributed by atoms with Gasteiger partial charge in [0, 0.05) is 17.1 Å². The number of benzene rings is 1. The molecule has 1 aromatic carbocycles. The summed E-state index contributed by atoms with van der Waals surface area (Å²) in [5, 5.41) is 1.25. The molecule has 0 aliphatic heterocycles. The highest BCUT2D eigenvalue weighted by atomic mass is 32.1. The van der Waals surface area contributed by atoms with E-state index in [4.69, 9.17) is 5.73 Å². The molecule has 5 rings (SSSR count). The van der Waals surface area contributed by atoms with Gasteiger partial charge in [0.15, 0.2) is 5.82 Å². The zero-order chi connectivity index (χ0) is 18.4. The fourth-order valence-corrected chi connectivity index (χ4v) is 3.74. The normalized spacial score (nSPS) is 11.3. The van der Waals surface area contributed by atoms with Gasteiger partial charge in [-0.1, -0.05) is 18.2 Å². The van der Waals surface area contributed by atoms with E-state index in [1.165, 1.54) is 6.33 Å². The molecule has 0 aliphatic carbocycles. The van der Waals surface area contributed by atoms with Crippen LogP contribution in [0.3, 0.4) is 0 Å². The van der Waals surface area contributed by atoms with Crippen LogP contribution in [0.1, 0.15) is 0 Å². The van der Waals surface area contributed by atoms with Crippen molar-refractivity contribution >= 4 is 38.5 Å². The first-order valence-electron chi connectivity index (χ1n) is 8.09. The van der Waals surface area contributed by atoms with Crippen LogP contribution >= 0.6 is 11.5 Å². The molecule has 130 valence electrons. The highest BCUT2D eigenvalue weighted by Crippen LogP contribution is 2.36. The second-order valence-corrected chi connectivity index (χ2v) is 6.63. The van der Waals surface area contributed by atoms with Crippen LogP contribution in [0.4, 0.5) is 10.2 Å². The van der Waals surface area contributed by atoms with Crippen LogP contribution in [-0.2, 0) is 0 Å². The molecule has 0 radical (unpaired) electrons. The Morgan fingerprint density at radius 3 is 2.67 bits per heavy atom. The van der Waals surface area contributed by atoms with Crippen LogP contribution in [0.2, 0.25) is 0 Å². The van der Waals surface area contributed by atoms with E-state index in [0.717, 1.165) is 11.5 Å². The van der Waals surface area contributed by atoms with Crippen molar-refractivity contribution in [3.05, 3.63) is 60.8 Å². The summed E-state index contributed by atoms with van der Waals surface area (Å²) < 4.78 is 19.7. The number of nitrogens with two attached hydrogens (primary N) is 1. The van der Waals surface area contributed by atoms with Crippen LogP contribution in [0, 0.1) is 5.82 Å². The molecule has 27 heavy (non-hydrogen) atoms. The Hall–Kier alpha value is -3.52. The van der Waals surface area contributed by atoms with Crippen molar-refractivity contribution in [2.24, 2.45) is 0 Å². The van der Waals surface area contributed by atoms with E-state index in [1.807, 2.05) is 36.4 Å². The maximum atomic E-state index is 15.4. The summed E-state index contributed by atoms with van der Waals surface area (Å²) in [7, 11) is 0. The largest absolute Gasteiger partial charge is 0.383 e. The minimum Gasteiger partial charge on any atom is -0.383 e. The SMILES string of the molecule is Nc1ncnc2snc(-c3ccc4ccc(-c5ccccn5)nc4c3F)c12. The monoisotopic (exact) mass is 374 g/mol. The number of nitrogens with zero attached hydrogens (tertiary/aromatic N) is 5. The van der Waals surface area contributed by atoms with E-state index >= 15 is 4.39 Å². The van der Waals surface area contributed by atoms with Gasteiger partial charge in [-0.2, -0.15) is 4.37 Å². The lowest BCUT2D eigenvalue weighted by atomic mass is 10.0. The van der Waals surface area contributed by atoms with Crippen molar-refractivity contribution in [1.82, 2.24) is 24.3 Å². The Bertz CT molecular complexity index is 1300. The van der Waals surface area contributed by atoms with Gasteiger partial charge < -0.3 is 5.73 Å². The number of rotatable bonds is 2. The Morgan fingerprint density at radius 2 is 1.81 bits per heavy atom. The van der Waals surface area contributed by atoms with Gasteiger partial charge in [0.1, 0.15) is 28.2 Å². The number of nitrogen functional groups attached to an aromatic ring is 1. The number of hydrogen-bond acceptors (Lipinski definition) is 7. The molecular formula is C19H11FN6S. The van der Waals surface area contributed by atoms with Gasteiger partial charge >= 0.3 is 0 Å². The lowest BCUT2D eigenvalue weighted by molar-refractivity contribution is 0.640. The van der Waals surface area contributed by atoms with Crippen molar-refractivity contribution in [2.75, 3.05) is 5.73 Å². The minimum absolute atomic E-state index is 0.257. The van der Waals surface area contributed by atoms with Crippen molar-refractivity contribution in [3.63, 3.8) is 0 Å². The molecule has 4 heterocycles. The first-order chi connectivity index (χ1) is 13.2. The van der Waals surface area contributed by atoms with Crippen LogP contribution in [0.25, 0.3) is 43.8 Å². The Balaban J connectivity index is 1.75. The van der Waals surface area contributed by atoms with E-state index in [1.54, 1.807) is 12.3 Å². The second-order valence-electron chi connectivity index (χ2n) is 5.88. The molecular weight excluding hydrogens is 363 g/mol. The minimum atomic E-state index is -0.458. The van der Waals surface area contributed by atoms with E-state index < -0.39 is 5.82 Å². The van der Waals surface area contributed by atoms with Gasteiger partial charge in [0.2, 0.25) is 0 Å². The molecule has 0 amide bonds. The summed E-state index contributed by atoms with van der Waals surface area (Å²) in [5.41, 5.74) is 8.26. The van der Waals surface area contributed by atoms with E-state index in [9.17, 15) is 0 Å². The van der Waals surface area contributed by atoms with E-state index in [2.05, 4.69) is 24.3 Å². The maximum Gasteiger partial charge on any atom is 0.158 e. The van der Waals surface area contributed by atoms with E-state index in [-0.39, 0.29) is 11.3 Å². The van der Waals surface area contributed by atoms with Crippen LogP contribution in [0.15, 0.2) is 55.0 Å². The quantitative estimate of drug-likeness (QED) is 0.501. The first kappa shape index (κ1) is 15.7. The third-order valence-electron chi connectivity index (χ3n) is 4.28. The van der Waals surface area contributed by atoms with Crippen molar-refractivity contribution in [3.8, 4) is 22.6 Å². The summed E-state index contributed by atoms with van der Waals surface area (Å²) in [6, 6.07) is 12.7. The smallest absolute Gasteiger partial charge is 0.158 e. The molecule has 6 nitrogen and oxygen atoms in total. The van der Waals surface area contributed by atoms with Crippen molar-refractivity contribution < 1.29 is 4.39 Å². The molecule has 0 atom stereocenters. The van der Waals surface area contributed by atoms with Crippen LogP contribution in [0.5, 0.6) is 0 Å². The molecule has 4 aromatic heterocycles. The number of hydrogen-bond donors (Lipinski definition) is 1. The molecule has 0 saturated carbocycles. The maximum absolute atomic E-state index is 15.4. The average Bonchev–Trinajstić information content (AvgIpc) is 3.14. The third kappa shape index (κ3) is 2.49. The van der Waals surface area contributed by atoms with Gasteiger partial charge in [0.05, 0.1) is 16.8 Å². The molecule has 0 aliphatic rings. The fraction of sp³-hybridized carbons (Fsp3) is 0. The van der Waals surface area contributed by atoms with Gasteiger partial charge in [-0.3, -0.25) is 4.98 Å². The highest BCUT2D eigenvalue weighted by molar-refractivity contribution is 7.13. The highest BCUT2D eigenvalue weighted by Gasteiger charge is 2.19. The number of halogens is 1. The molecule has 0 saturated heterocycles. The Kier molecular flexibility index (Phi) is 3.51. The first-order valence-corrected chi connectivity index (χ1v) is 8.86. The summed E-state index contributed by atoms with van der Waals surface area (Å²) in [4.78, 5) is 17.5. The van der Waals surface area contributed by atoms with Gasteiger partial charge in [0.25, 0.3) is 0 Å². The standard InChI is InChI=1S/C19H11FN6S/c20-15-11(17-14-18(21)23-9-24-19(14)27-26-17)6-4-10-5-7-13(25-16(10)15)12-3-1-2-8-22-12/h1-9H,(H2,21,23,24). The van der Waals surface area contributed by atoms with Gasteiger partial charge in [-0.25, -0.2) is 19.3 Å². The average molecular weight is 374 g/mol. The van der Waals surface area contributed by atoms with Crippen LogP contribution < -0.4 is 5.73 Å².